The van der Waals surface area contributed by atoms with Gasteiger partial charge in [0.25, 0.3) is 0 Å². The van der Waals surface area contributed by atoms with Crippen LogP contribution in [-0.4, -0.2) is 20.1 Å². The van der Waals surface area contributed by atoms with E-state index in [2.05, 4.69) is 38.1 Å². The molecule has 1 amide bonds. The Bertz CT molecular complexity index is 706. The zero-order valence-corrected chi connectivity index (χ0v) is 14.1. The molecule has 1 heterocycles. The number of benzene rings is 2. The van der Waals surface area contributed by atoms with Gasteiger partial charge in [-0.15, -0.1) is 0 Å². The monoisotopic (exact) mass is 309 g/mol. The summed E-state index contributed by atoms with van der Waals surface area (Å²) in [4.78, 5) is 14.7. The van der Waals surface area contributed by atoms with E-state index in [9.17, 15) is 4.79 Å². The first-order chi connectivity index (χ1) is 11.0. The molecule has 0 aliphatic carbocycles. The molecule has 0 bridgehead atoms. The zero-order chi connectivity index (χ0) is 16.6. The molecule has 0 spiro atoms. The number of methoxy groups -OCH3 is 1. The Morgan fingerprint density at radius 3 is 2.30 bits per heavy atom. The van der Waals surface area contributed by atoms with E-state index in [1.165, 1.54) is 11.1 Å². The second kappa shape index (κ2) is 6.07. The molecule has 120 valence electrons. The van der Waals surface area contributed by atoms with Crippen molar-refractivity contribution in [1.29, 1.82) is 0 Å². The van der Waals surface area contributed by atoms with E-state index in [1.807, 2.05) is 31.3 Å². The second-order valence-corrected chi connectivity index (χ2v) is 6.48. The molecule has 1 aliphatic rings. The van der Waals surface area contributed by atoms with Crippen molar-refractivity contribution in [2.75, 3.05) is 19.1 Å². The van der Waals surface area contributed by atoms with E-state index in [1.54, 1.807) is 12.0 Å². The van der Waals surface area contributed by atoms with E-state index < -0.39 is 0 Å². The summed E-state index contributed by atoms with van der Waals surface area (Å²) in [6.07, 6.45) is 0. The molecule has 3 heteroatoms. The van der Waals surface area contributed by atoms with E-state index in [0.717, 1.165) is 11.4 Å². The summed E-state index contributed by atoms with van der Waals surface area (Å²) in [5.74, 6) is 1.33. The minimum Gasteiger partial charge on any atom is -0.497 e. The molecule has 0 fully saturated rings. The van der Waals surface area contributed by atoms with Crippen LogP contribution in [0, 0.1) is 11.8 Å². The number of anilines is 1. The fraction of sp³-hybridized carbons (Fsp3) is 0.350. The van der Waals surface area contributed by atoms with Crippen LogP contribution >= 0.6 is 0 Å². The van der Waals surface area contributed by atoms with E-state index in [0.29, 0.717) is 0 Å². The Morgan fingerprint density at radius 1 is 1.04 bits per heavy atom. The van der Waals surface area contributed by atoms with Gasteiger partial charge in [-0.3, -0.25) is 4.79 Å². The highest BCUT2D eigenvalue weighted by Gasteiger charge is 2.41. The third kappa shape index (κ3) is 2.61. The molecule has 0 aromatic heterocycles. The molecule has 2 aromatic rings. The minimum atomic E-state index is -0.0525. The van der Waals surface area contributed by atoms with Crippen molar-refractivity contribution in [3.05, 3.63) is 59.7 Å². The Hall–Kier alpha value is -2.29. The summed E-state index contributed by atoms with van der Waals surface area (Å²) in [5, 5.41) is 0. The lowest BCUT2D eigenvalue weighted by atomic mass is 9.72. The number of carbonyl (C=O) groups is 1. The highest BCUT2D eigenvalue weighted by atomic mass is 16.5. The molecule has 3 nitrogen and oxygen atoms in total. The van der Waals surface area contributed by atoms with Gasteiger partial charge in [-0.25, -0.2) is 0 Å². The molecular formula is C20H23NO2. The van der Waals surface area contributed by atoms with Gasteiger partial charge < -0.3 is 9.64 Å². The number of nitrogens with zero attached hydrogens (tertiary/aromatic N) is 1. The number of fused-ring (bicyclic) bond motifs is 1. The van der Waals surface area contributed by atoms with Gasteiger partial charge in [-0.05, 0) is 35.2 Å². The SMILES string of the molecule is COc1ccc(C2c3ccccc3N(C)C(=O)C2C(C)C)cc1. The van der Waals surface area contributed by atoms with Crippen molar-refractivity contribution in [2.45, 2.75) is 19.8 Å². The number of hydrogen-bond acceptors (Lipinski definition) is 2. The first-order valence-electron chi connectivity index (χ1n) is 8.05. The summed E-state index contributed by atoms with van der Waals surface area (Å²) < 4.78 is 5.26. The van der Waals surface area contributed by atoms with Crippen molar-refractivity contribution in [2.24, 2.45) is 11.8 Å². The maximum atomic E-state index is 12.9. The molecule has 2 atom stereocenters. The molecule has 2 aromatic carbocycles. The maximum absolute atomic E-state index is 12.9. The summed E-state index contributed by atoms with van der Waals surface area (Å²) >= 11 is 0. The van der Waals surface area contributed by atoms with Crippen LogP contribution < -0.4 is 9.64 Å². The molecule has 2 unspecified atom stereocenters. The van der Waals surface area contributed by atoms with Gasteiger partial charge in [0.05, 0.1) is 13.0 Å². The van der Waals surface area contributed by atoms with Gasteiger partial charge >= 0.3 is 0 Å². The first-order valence-corrected chi connectivity index (χ1v) is 8.05. The lowest BCUT2D eigenvalue weighted by Gasteiger charge is -2.40. The van der Waals surface area contributed by atoms with Crippen LogP contribution in [-0.2, 0) is 4.79 Å². The lowest BCUT2D eigenvalue weighted by Crippen LogP contribution is -2.43. The number of rotatable bonds is 3. The van der Waals surface area contributed by atoms with Crippen molar-refractivity contribution < 1.29 is 9.53 Å². The van der Waals surface area contributed by atoms with Crippen LogP contribution in [0.25, 0.3) is 0 Å². The topological polar surface area (TPSA) is 29.5 Å². The van der Waals surface area contributed by atoms with Crippen LogP contribution in [0.4, 0.5) is 5.69 Å². The van der Waals surface area contributed by atoms with Crippen molar-refractivity contribution in [1.82, 2.24) is 0 Å². The van der Waals surface area contributed by atoms with E-state index >= 15 is 0 Å². The second-order valence-electron chi connectivity index (χ2n) is 6.48. The molecule has 0 saturated carbocycles. The first kappa shape index (κ1) is 15.6. The fourth-order valence-corrected chi connectivity index (χ4v) is 3.60. The minimum absolute atomic E-state index is 0.0525. The number of carbonyl (C=O) groups excluding carboxylic acids is 1. The largest absolute Gasteiger partial charge is 0.497 e. The molecule has 0 radical (unpaired) electrons. The Labute approximate surface area is 137 Å². The van der Waals surface area contributed by atoms with Crippen LogP contribution in [0.3, 0.4) is 0 Å². The predicted molar refractivity (Wildman–Crippen MR) is 93.0 cm³/mol. The van der Waals surface area contributed by atoms with Crippen molar-refractivity contribution in [3.8, 4) is 5.75 Å². The Morgan fingerprint density at radius 2 is 1.70 bits per heavy atom. The molecule has 3 rings (SSSR count). The van der Waals surface area contributed by atoms with Crippen molar-refractivity contribution in [3.63, 3.8) is 0 Å². The molecule has 0 saturated heterocycles. The normalized spacial score (nSPS) is 20.6. The van der Waals surface area contributed by atoms with E-state index in [4.69, 9.17) is 4.74 Å². The lowest BCUT2D eigenvalue weighted by molar-refractivity contribution is -0.124. The summed E-state index contributed by atoms with van der Waals surface area (Å²) in [6, 6.07) is 16.3. The number of ether oxygens (including phenoxy) is 1. The van der Waals surface area contributed by atoms with Crippen LogP contribution in [0.5, 0.6) is 5.75 Å². The average Bonchev–Trinajstić information content (AvgIpc) is 2.57. The molecule has 1 aliphatic heterocycles. The highest BCUT2D eigenvalue weighted by molar-refractivity contribution is 5.99. The fourth-order valence-electron chi connectivity index (χ4n) is 3.60. The van der Waals surface area contributed by atoms with Gasteiger partial charge in [0.15, 0.2) is 0 Å². The maximum Gasteiger partial charge on any atom is 0.231 e. The standard InChI is InChI=1S/C20H23NO2/c1-13(2)18-19(14-9-11-15(23-4)12-10-14)16-7-5-6-8-17(16)21(3)20(18)22/h5-13,18-19H,1-4H3. The van der Waals surface area contributed by atoms with Gasteiger partial charge in [0.1, 0.15) is 5.75 Å². The Balaban J connectivity index is 2.16. The zero-order valence-electron chi connectivity index (χ0n) is 14.1. The van der Waals surface area contributed by atoms with Crippen LogP contribution in [0.2, 0.25) is 0 Å². The summed E-state index contributed by atoms with van der Waals surface area (Å²) in [6.45, 7) is 4.25. The van der Waals surface area contributed by atoms with Crippen molar-refractivity contribution >= 4 is 11.6 Å². The third-order valence-electron chi connectivity index (χ3n) is 4.80. The average molecular weight is 309 g/mol. The summed E-state index contributed by atoms with van der Waals surface area (Å²) in [5.41, 5.74) is 3.40. The van der Waals surface area contributed by atoms with E-state index in [-0.39, 0.29) is 23.7 Å². The highest BCUT2D eigenvalue weighted by Crippen LogP contribution is 2.45. The van der Waals surface area contributed by atoms with Crippen LogP contribution in [0.15, 0.2) is 48.5 Å². The quantitative estimate of drug-likeness (QED) is 0.855. The smallest absolute Gasteiger partial charge is 0.231 e. The number of para-hydroxylation sites is 1. The van der Waals surface area contributed by atoms with Gasteiger partial charge in [-0.2, -0.15) is 0 Å². The molecule has 0 N–H and O–H groups in total. The Kier molecular flexibility index (Phi) is 4.12. The predicted octanol–water partition coefficient (Wildman–Crippen LogP) is 4.08. The summed E-state index contributed by atoms with van der Waals surface area (Å²) in [7, 11) is 3.54. The number of amides is 1. The van der Waals surface area contributed by atoms with Gasteiger partial charge in [0, 0.05) is 18.7 Å². The number of hydrogen-bond donors (Lipinski definition) is 0. The molecular weight excluding hydrogens is 286 g/mol. The third-order valence-corrected chi connectivity index (χ3v) is 4.80. The van der Waals surface area contributed by atoms with Gasteiger partial charge in [-0.1, -0.05) is 44.2 Å². The molecule has 23 heavy (non-hydrogen) atoms. The van der Waals surface area contributed by atoms with Gasteiger partial charge in [0.2, 0.25) is 5.91 Å². The van der Waals surface area contributed by atoms with Crippen LogP contribution in [0.1, 0.15) is 30.9 Å².